The molecular formula is C21H18BrIN2O5S. The summed E-state index contributed by atoms with van der Waals surface area (Å²) in [6, 6.07) is 10.9. The van der Waals surface area contributed by atoms with Crippen molar-refractivity contribution in [3.05, 3.63) is 54.9 Å². The molecule has 0 aliphatic carbocycles. The van der Waals surface area contributed by atoms with Gasteiger partial charge in [-0.1, -0.05) is 0 Å². The number of carboxylic acid groups (broad SMARTS) is 1. The molecule has 1 heterocycles. The number of carboxylic acids is 1. The molecule has 3 rings (SSSR count). The maximum absolute atomic E-state index is 12.9. The molecule has 10 heteroatoms. The van der Waals surface area contributed by atoms with Crippen LogP contribution in [-0.2, 0) is 9.59 Å². The number of halogens is 2. The van der Waals surface area contributed by atoms with E-state index in [1.165, 1.54) is 11.8 Å². The van der Waals surface area contributed by atoms with Gasteiger partial charge in [0.2, 0.25) is 0 Å². The molecule has 162 valence electrons. The zero-order chi connectivity index (χ0) is 22.5. The van der Waals surface area contributed by atoms with Crippen molar-refractivity contribution in [3.8, 4) is 11.5 Å². The number of amides is 1. The van der Waals surface area contributed by atoms with Crippen LogP contribution < -0.4 is 9.47 Å². The second kappa shape index (κ2) is 10.5. The second-order valence-corrected chi connectivity index (χ2v) is 9.27. The van der Waals surface area contributed by atoms with Gasteiger partial charge in [0.25, 0.3) is 5.91 Å². The Kier molecular flexibility index (Phi) is 8.00. The summed E-state index contributed by atoms with van der Waals surface area (Å²) in [7, 11) is 1.60. The van der Waals surface area contributed by atoms with Crippen LogP contribution in [0.5, 0.6) is 11.5 Å². The molecule has 1 N–H and O–H groups in total. The molecule has 1 saturated heterocycles. The number of thioether (sulfide) groups is 1. The molecule has 0 saturated carbocycles. The first-order valence-electron chi connectivity index (χ1n) is 9.10. The highest BCUT2D eigenvalue weighted by atomic mass is 127. The summed E-state index contributed by atoms with van der Waals surface area (Å²) < 4.78 is 11.8. The lowest BCUT2D eigenvalue weighted by molar-refractivity contribution is -0.139. The molecule has 1 amide bonds. The fraction of sp³-hybridized carbons (Fsp3) is 0.190. The van der Waals surface area contributed by atoms with Gasteiger partial charge in [-0.3, -0.25) is 9.69 Å². The van der Waals surface area contributed by atoms with Gasteiger partial charge in [-0.05, 0) is 105 Å². The molecule has 2 aromatic carbocycles. The standard InChI is InChI=1S/C21H18BrIN2O5S/c1-3-25-20(28)17(31-21(25)24-13-4-6-14(29-2)7-5-13)10-12-8-15(22)19(16(23)9-12)30-11-18(26)27/h4-10H,3,11H2,1-2H3,(H,26,27)/b17-10+,24-21?. The maximum atomic E-state index is 12.9. The van der Waals surface area contributed by atoms with E-state index >= 15 is 0 Å². The number of amidine groups is 1. The first-order valence-corrected chi connectivity index (χ1v) is 11.8. The number of ether oxygens (including phenoxy) is 2. The highest BCUT2D eigenvalue weighted by Gasteiger charge is 2.32. The Balaban J connectivity index is 1.87. The van der Waals surface area contributed by atoms with Crippen LogP contribution in [-0.4, -0.2) is 47.3 Å². The number of aliphatic imine (C=N–C) groups is 1. The summed E-state index contributed by atoms with van der Waals surface area (Å²) in [6.45, 7) is 1.97. The summed E-state index contributed by atoms with van der Waals surface area (Å²) in [5.41, 5.74) is 1.52. The van der Waals surface area contributed by atoms with Gasteiger partial charge >= 0.3 is 5.97 Å². The van der Waals surface area contributed by atoms with Crippen molar-refractivity contribution in [2.45, 2.75) is 6.92 Å². The van der Waals surface area contributed by atoms with Gasteiger partial charge < -0.3 is 14.6 Å². The Bertz CT molecular complexity index is 1050. The van der Waals surface area contributed by atoms with E-state index in [0.717, 1.165) is 20.6 Å². The molecular weight excluding hydrogens is 599 g/mol. The SMILES string of the molecule is CCN1C(=O)/C(=C\c2cc(Br)c(OCC(=O)O)c(I)c2)SC1=Nc1ccc(OC)cc1. The van der Waals surface area contributed by atoms with Crippen molar-refractivity contribution in [1.82, 2.24) is 4.90 Å². The number of hydrogen-bond acceptors (Lipinski definition) is 6. The lowest BCUT2D eigenvalue weighted by Gasteiger charge is -2.12. The van der Waals surface area contributed by atoms with Gasteiger partial charge in [-0.25, -0.2) is 9.79 Å². The number of hydrogen-bond donors (Lipinski definition) is 1. The van der Waals surface area contributed by atoms with Gasteiger partial charge in [0, 0.05) is 6.54 Å². The average Bonchev–Trinajstić information content (AvgIpc) is 3.01. The van der Waals surface area contributed by atoms with E-state index in [2.05, 4.69) is 43.5 Å². The van der Waals surface area contributed by atoms with Crippen molar-refractivity contribution in [1.29, 1.82) is 0 Å². The lowest BCUT2D eigenvalue weighted by Crippen LogP contribution is -2.28. The topological polar surface area (TPSA) is 88.4 Å². The quantitative estimate of drug-likeness (QED) is 0.342. The predicted octanol–water partition coefficient (Wildman–Crippen LogP) is 5.15. The Morgan fingerprint density at radius 3 is 2.61 bits per heavy atom. The van der Waals surface area contributed by atoms with Gasteiger partial charge in [0.15, 0.2) is 11.8 Å². The van der Waals surface area contributed by atoms with Crippen LogP contribution in [0.1, 0.15) is 12.5 Å². The highest BCUT2D eigenvalue weighted by Crippen LogP contribution is 2.37. The number of methoxy groups -OCH3 is 1. The minimum atomic E-state index is -1.05. The van der Waals surface area contributed by atoms with E-state index in [0.29, 0.717) is 26.8 Å². The molecule has 0 atom stereocenters. The van der Waals surface area contributed by atoms with Crippen LogP contribution in [0.3, 0.4) is 0 Å². The molecule has 0 unspecified atom stereocenters. The van der Waals surface area contributed by atoms with Crippen molar-refractivity contribution >= 4 is 79.1 Å². The molecule has 0 radical (unpaired) electrons. The van der Waals surface area contributed by atoms with E-state index in [1.54, 1.807) is 24.2 Å². The highest BCUT2D eigenvalue weighted by molar-refractivity contribution is 14.1. The van der Waals surface area contributed by atoms with Crippen LogP contribution in [0.4, 0.5) is 5.69 Å². The summed E-state index contributed by atoms with van der Waals surface area (Å²) in [5, 5.41) is 9.43. The Morgan fingerprint density at radius 1 is 1.32 bits per heavy atom. The monoisotopic (exact) mass is 616 g/mol. The lowest BCUT2D eigenvalue weighted by atomic mass is 10.2. The molecule has 0 spiro atoms. The molecule has 0 bridgehead atoms. The number of nitrogens with zero attached hydrogens (tertiary/aromatic N) is 2. The van der Waals surface area contributed by atoms with Crippen molar-refractivity contribution in [2.24, 2.45) is 4.99 Å². The van der Waals surface area contributed by atoms with E-state index in [4.69, 9.17) is 14.6 Å². The smallest absolute Gasteiger partial charge is 0.341 e. The number of rotatable bonds is 7. The van der Waals surface area contributed by atoms with Crippen LogP contribution in [0, 0.1) is 3.57 Å². The Labute approximate surface area is 205 Å². The third kappa shape index (κ3) is 5.80. The summed E-state index contributed by atoms with van der Waals surface area (Å²) in [4.78, 5) is 30.5. The maximum Gasteiger partial charge on any atom is 0.341 e. The zero-order valence-electron chi connectivity index (χ0n) is 16.6. The summed E-state index contributed by atoms with van der Waals surface area (Å²) in [6.07, 6.45) is 1.79. The van der Waals surface area contributed by atoms with Crippen LogP contribution in [0.15, 0.2) is 50.8 Å². The third-order valence-corrected chi connectivity index (χ3v) is 6.56. The van der Waals surface area contributed by atoms with Gasteiger partial charge in [-0.15, -0.1) is 0 Å². The van der Waals surface area contributed by atoms with E-state index in [9.17, 15) is 9.59 Å². The van der Waals surface area contributed by atoms with Crippen LogP contribution in [0.2, 0.25) is 0 Å². The molecule has 1 aliphatic rings. The number of benzene rings is 2. The van der Waals surface area contributed by atoms with E-state index in [1.807, 2.05) is 37.3 Å². The Hall–Kier alpha value is -2.05. The molecule has 31 heavy (non-hydrogen) atoms. The Morgan fingerprint density at radius 2 is 2.03 bits per heavy atom. The number of likely N-dealkylation sites (N-methyl/N-ethyl adjacent to an activating group) is 1. The minimum absolute atomic E-state index is 0.114. The van der Waals surface area contributed by atoms with Gasteiger partial charge in [0.05, 0.1) is 25.7 Å². The van der Waals surface area contributed by atoms with E-state index in [-0.39, 0.29) is 5.91 Å². The van der Waals surface area contributed by atoms with E-state index < -0.39 is 12.6 Å². The first-order chi connectivity index (χ1) is 14.8. The first kappa shape index (κ1) is 23.6. The van der Waals surface area contributed by atoms with Gasteiger partial charge in [0.1, 0.15) is 11.5 Å². The molecule has 1 aliphatic heterocycles. The number of aliphatic carboxylic acids is 1. The fourth-order valence-electron chi connectivity index (χ4n) is 2.72. The normalized spacial score (nSPS) is 16.3. The zero-order valence-corrected chi connectivity index (χ0v) is 21.2. The fourth-order valence-corrected chi connectivity index (χ4v) is 5.55. The molecule has 1 fully saturated rings. The van der Waals surface area contributed by atoms with Crippen molar-refractivity contribution in [2.75, 3.05) is 20.3 Å². The van der Waals surface area contributed by atoms with Crippen LogP contribution in [0.25, 0.3) is 6.08 Å². The number of carbonyl (C=O) groups excluding carboxylic acids is 1. The summed E-state index contributed by atoms with van der Waals surface area (Å²) >= 11 is 6.80. The summed E-state index contributed by atoms with van der Waals surface area (Å²) in [5.74, 6) is 0.0257. The van der Waals surface area contributed by atoms with Gasteiger partial charge in [-0.2, -0.15) is 0 Å². The second-order valence-electron chi connectivity index (χ2n) is 6.25. The largest absolute Gasteiger partial charge is 0.497 e. The number of carbonyl (C=O) groups is 2. The average molecular weight is 617 g/mol. The van der Waals surface area contributed by atoms with Crippen molar-refractivity contribution in [3.63, 3.8) is 0 Å². The van der Waals surface area contributed by atoms with Crippen molar-refractivity contribution < 1.29 is 24.2 Å². The molecule has 0 aromatic heterocycles. The molecule has 2 aromatic rings. The minimum Gasteiger partial charge on any atom is -0.497 e. The predicted molar refractivity (Wildman–Crippen MR) is 133 cm³/mol. The third-order valence-electron chi connectivity index (χ3n) is 4.16. The molecule has 7 nitrogen and oxygen atoms in total. The van der Waals surface area contributed by atoms with Crippen LogP contribution >= 0.6 is 50.3 Å².